The molecule has 0 spiro atoms. The van der Waals surface area contributed by atoms with Gasteiger partial charge in [0.1, 0.15) is 10.6 Å². The van der Waals surface area contributed by atoms with Crippen molar-refractivity contribution in [2.75, 3.05) is 0 Å². The van der Waals surface area contributed by atoms with Gasteiger partial charge < -0.3 is 14.5 Å². The normalized spacial score (nSPS) is 13.0. The van der Waals surface area contributed by atoms with Gasteiger partial charge in [0, 0.05) is 4.47 Å². The quantitative estimate of drug-likeness (QED) is 0.638. The number of alkyl carbamates (subject to hydrolysis) is 1. The Labute approximate surface area is 163 Å². The van der Waals surface area contributed by atoms with Crippen LogP contribution in [-0.2, 0) is 11.3 Å². The van der Waals surface area contributed by atoms with Gasteiger partial charge in [-0.3, -0.25) is 0 Å². The predicted octanol–water partition coefficient (Wildman–Crippen LogP) is 4.62. The van der Waals surface area contributed by atoms with E-state index in [2.05, 4.69) is 36.4 Å². The lowest BCUT2D eigenvalue weighted by Gasteiger charge is -2.19. The van der Waals surface area contributed by atoms with E-state index in [0.29, 0.717) is 11.8 Å². The number of carbonyl (C=O) groups is 1. The first-order valence-electron chi connectivity index (χ1n) is 8.06. The number of thiazole rings is 1. The van der Waals surface area contributed by atoms with Gasteiger partial charge in [0.2, 0.25) is 11.8 Å². The van der Waals surface area contributed by atoms with Crippen molar-refractivity contribution in [2.45, 2.75) is 45.8 Å². The summed E-state index contributed by atoms with van der Waals surface area (Å²) < 4.78 is 12.9. The number of nitrogens with one attached hydrogen (secondary N) is 1. The van der Waals surface area contributed by atoms with E-state index in [9.17, 15) is 4.79 Å². The van der Waals surface area contributed by atoms with Gasteiger partial charge in [0.25, 0.3) is 0 Å². The minimum atomic E-state index is -0.555. The van der Waals surface area contributed by atoms with E-state index in [1.807, 2.05) is 25.1 Å². The Morgan fingerprint density at radius 1 is 1.38 bits per heavy atom. The molecule has 1 amide bonds. The van der Waals surface area contributed by atoms with Crippen molar-refractivity contribution in [3.8, 4) is 0 Å². The van der Waals surface area contributed by atoms with Crippen LogP contribution in [0, 0.1) is 0 Å². The number of carbonyl (C=O) groups excluding carboxylic acids is 1. The van der Waals surface area contributed by atoms with Crippen molar-refractivity contribution in [3.05, 3.63) is 39.5 Å². The Morgan fingerprint density at radius 3 is 2.88 bits per heavy atom. The summed E-state index contributed by atoms with van der Waals surface area (Å²) in [6.07, 6.45) is -0.526. The van der Waals surface area contributed by atoms with Crippen molar-refractivity contribution >= 4 is 43.6 Å². The fourth-order valence-corrected chi connectivity index (χ4v) is 3.75. The van der Waals surface area contributed by atoms with Gasteiger partial charge in [-0.25, -0.2) is 9.78 Å². The standard InChI is InChI=1S/C17H19BrN4O3S/c1-9(15-20-11-6-5-10(18)7-12(11)26-15)14-22-21-13(24-14)8-19-16(23)25-17(2,3)4/h5-7,9H,8H2,1-4H3,(H,19,23). The first-order valence-corrected chi connectivity index (χ1v) is 9.67. The zero-order valence-corrected chi connectivity index (χ0v) is 17.3. The molecular formula is C17H19BrN4O3S. The monoisotopic (exact) mass is 438 g/mol. The van der Waals surface area contributed by atoms with Crippen LogP contribution in [0.25, 0.3) is 10.2 Å². The molecule has 0 saturated carbocycles. The molecular weight excluding hydrogens is 420 g/mol. The molecule has 0 aliphatic rings. The summed E-state index contributed by atoms with van der Waals surface area (Å²) in [6.45, 7) is 7.48. The molecule has 138 valence electrons. The minimum Gasteiger partial charge on any atom is -0.444 e. The minimum absolute atomic E-state index is 0.113. The molecule has 2 heterocycles. The first kappa shape index (κ1) is 18.8. The van der Waals surface area contributed by atoms with Gasteiger partial charge in [-0.1, -0.05) is 15.9 Å². The van der Waals surface area contributed by atoms with E-state index in [0.717, 1.165) is 19.7 Å². The third-order valence-corrected chi connectivity index (χ3v) is 5.07. The number of hydrogen-bond donors (Lipinski definition) is 1. The van der Waals surface area contributed by atoms with Crippen molar-refractivity contribution < 1.29 is 13.9 Å². The molecule has 2 aromatic heterocycles. The SMILES string of the molecule is CC(c1nnc(CNC(=O)OC(C)(C)C)o1)c1nc2ccc(Br)cc2s1. The fraction of sp³-hybridized carbons (Fsp3) is 0.412. The molecule has 0 aliphatic heterocycles. The number of fused-ring (bicyclic) bond motifs is 1. The van der Waals surface area contributed by atoms with Crippen LogP contribution in [0.4, 0.5) is 4.79 Å². The topological polar surface area (TPSA) is 90.1 Å². The van der Waals surface area contributed by atoms with Crippen LogP contribution in [0.3, 0.4) is 0 Å². The fourth-order valence-electron chi connectivity index (χ4n) is 2.18. The summed E-state index contributed by atoms with van der Waals surface area (Å²) >= 11 is 5.06. The predicted molar refractivity (Wildman–Crippen MR) is 102 cm³/mol. The Balaban J connectivity index is 1.67. The van der Waals surface area contributed by atoms with Gasteiger partial charge in [0.05, 0.1) is 22.7 Å². The summed E-state index contributed by atoms with van der Waals surface area (Å²) in [7, 11) is 0. The lowest BCUT2D eigenvalue weighted by Crippen LogP contribution is -2.32. The van der Waals surface area contributed by atoms with Gasteiger partial charge in [0.15, 0.2) is 0 Å². The van der Waals surface area contributed by atoms with Crippen molar-refractivity contribution in [1.29, 1.82) is 0 Å². The molecule has 0 bridgehead atoms. The van der Waals surface area contributed by atoms with Crippen LogP contribution in [0.2, 0.25) is 0 Å². The summed E-state index contributed by atoms with van der Waals surface area (Å²) in [6, 6.07) is 5.97. The summed E-state index contributed by atoms with van der Waals surface area (Å²) in [4.78, 5) is 16.3. The highest BCUT2D eigenvalue weighted by Gasteiger charge is 2.21. The van der Waals surface area contributed by atoms with E-state index in [-0.39, 0.29) is 12.5 Å². The molecule has 1 atom stereocenters. The second-order valence-electron chi connectivity index (χ2n) is 6.78. The molecule has 7 nitrogen and oxygen atoms in total. The Morgan fingerprint density at radius 2 is 2.15 bits per heavy atom. The molecule has 0 saturated heterocycles. The van der Waals surface area contributed by atoms with E-state index in [1.165, 1.54) is 0 Å². The highest BCUT2D eigenvalue weighted by molar-refractivity contribution is 9.10. The van der Waals surface area contributed by atoms with Gasteiger partial charge >= 0.3 is 6.09 Å². The number of rotatable bonds is 4. The van der Waals surface area contributed by atoms with Gasteiger partial charge in [-0.2, -0.15) is 0 Å². The Hall–Kier alpha value is -2.00. The maximum absolute atomic E-state index is 11.7. The highest BCUT2D eigenvalue weighted by atomic mass is 79.9. The molecule has 26 heavy (non-hydrogen) atoms. The van der Waals surface area contributed by atoms with E-state index >= 15 is 0 Å². The molecule has 3 aromatic rings. The molecule has 0 radical (unpaired) electrons. The molecule has 1 unspecified atom stereocenters. The summed E-state index contributed by atoms with van der Waals surface area (Å²) in [5.41, 5.74) is 0.381. The number of halogens is 1. The zero-order valence-electron chi connectivity index (χ0n) is 14.9. The van der Waals surface area contributed by atoms with E-state index in [4.69, 9.17) is 9.15 Å². The molecule has 1 N–H and O–H groups in total. The average molecular weight is 439 g/mol. The Kier molecular flexibility index (Phi) is 5.29. The number of nitrogens with zero attached hydrogens (tertiary/aromatic N) is 3. The summed E-state index contributed by atoms with van der Waals surface area (Å²) in [5, 5.41) is 11.6. The van der Waals surface area contributed by atoms with Crippen molar-refractivity contribution in [1.82, 2.24) is 20.5 Å². The Bertz CT molecular complexity index is 932. The van der Waals surface area contributed by atoms with Crippen LogP contribution in [0.5, 0.6) is 0 Å². The third-order valence-electron chi connectivity index (χ3n) is 3.37. The molecule has 0 fully saturated rings. The lowest BCUT2D eigenvalue weighted by molar-refractivity contribution is 0.0518. The second kappa shape index (κ2) is 7.32. The van der Waals surface area contributed by atoms with E-state index < -0.39 is 11.7 Å². The summed E-state index contributed by atoms with van der Waals surface area (Å²) in [5.74, 6) is 0.652. The smallest absolute Gasteiger partial charge is 0.408 e. The number of benzene rings is 1. The van der Waals surface area contributed by atoms with Gasteiger partial charge in [-0.05, 0) is 45.9 Å². The molecule has 0 aliphatic carbocycles. The van der Waals surface area contributed by atoms with Crippen molar-refractivity contribution in [2.24, 2.45) is 0 Å². The van der Waals surface area contributed by atoms with Gasteiger partial charge in [-0.15, -0.1) is 21.5 Å². The zero-order chi connectivity index (χ0) is 18.9. The second-order valence-corrected chi connectivity index (χ2v) is 8.75. The molecule has 9 heteroatoms. The number of hydrogen-bond acceptors (Lipinski definition) is 7. The average Bonchev–Trinajstić information content (AvgIpc) is 3.17. The molecule has 1 aromatic carbocycles. The largest absolute Gasteiger partial charge is 0.444 e. The maximum Gasteiger partial charge on any atom is 0.408 e. The van der Waals surface area contributed by atoms with Crippen LogP contribution in [-0.4, -0.2) is 26.9 Å². The maximum atomic E-state index is 11.7. The lowest BCUT2D eigenvalue weighted by atomic mass is 10.2. The van der Waals surface area contributed by atoms with Crippen molar-refractivity contribution in [3.63, 3.8) is 0 Å². The van der Waals surface area contributed by atoms with E-state index in [1.54, 1.807) is 32.1 Å². The van der Waals surface area contributed by atoms with Crippen LogP contribution in [0.15, 0.2) is 27.1 Å². The number of amides is 1. The first-order chi connectivity index (χ1) is 12.2. The number of aromatic nitrogens is 3. The number of ether oxygens (including phenoxy) is 1. The highest BCUT2D eigenvalue weighted by Crippen LogP contribution is 2.32. The van der Waals surface area contributed by atoms with Crippen LogP contribution in [0.1, 0.15) is 50.4 Å². The third kappa shape index (κ3) is 4.59. The molecule has 3 rings (SSSR count). The van der Waals surface area contributed by atoms with Crippen LogP contribution >= 0.6 is 27.3 Å². The van der Waals surface area contributed by atoms with Crippen LogP contribution < -0.4 is 5.32 Å².